The number of ether oxygens (including phenoxy) is 1. The lowest BCUT2D eigenvalue weighted by Crippen LogP contribution is -2.53. The van der Waals surface area contributed by atoms with Gasteiger partial charge in [-0.1, -0.05) is 55.3 Å². The lowest BCUT2D eigenvalue weighted by molar-refractivity contribution is -0.144. The van der Waals surface area contributed by atoms with Crippen LogP contribution in [-0.2, 0) is 23.1 Å². The first kappa shape index (κ1) is 27.8. The van der Waals surface area contributed by atoms with Crippen molar-refractivity contribution in [3.63, 3.8) is 0 Å². The van der Waals surface area contributed by atoms with Gasteiger partial charge in [0.05, 0.1) is 6.61 Å². The number of fused-ring (bicyclic) bond motifs is 5. The molecule has 0 radical (unpaired) electrons. The van der Waals surface area contributed by atoms with Crippen LogP contribution < -0.4 is 10.1 Å². The normalized spacial score (nSPS) is 30.0. The summed E-state index contributed by atoms with van der Waals surface area (Å²) >= 11 is 6.22. The molecule has 4 aliphatic rings. The second-order valence-electron chi connectivity index (χ2n) is 13.6. The topological polar surface area (TPSA) is 71.5 Å². The van der Waals surface area contributed by atoms with Crippen LogP contribution in [0.3, 0.4) is 0 Å². The van der Waals surface area contributed by atoms with Gasteiger partial charge in [0.1, 0.15) is 11.3 Å². The number of carbonyl (C=O) groups is 1. The number of nitrogens with one attached hydrogen (secondary N) is 1. The molecule has 5 nitrogen and oxygen atoms in total. The van der Waals surface area contributed by atoms with Crippen molar-refractivity contribution >= 4 is 23.3 Å². The van der Waals surface area contributed by atoms with Crippen molar-refractivity contribution < 1.29 is 14.6 Å². The summed E-state index contributed by atoms with van der Waals surface area (Å²) < 4.78 is 6.58. The quantitative estimate of drug-likeness (QED) is 0.279. The van der Waals surface area contributed by atoms with E-state index in [4.69, 9.17) is 21.3 Å². The zero-order valence-electron chi connectivity index (χ0n) is 24.4. The number of benzene rings is 2. The van der Waals surface area contributed by atoms with Crippen molar-refractivity contribution in [1.29, 1.82) is 0 Å². The minimum absolute atomic E-state index is 0.00516. The second-order valence-corrected chi connectivity index (χ2v) is 14.0. The molecule has 2 saturated carbocycles. The fraction of sp³-hybridized carbons (Fsp3) is 0.500. The first-order valence-electron chi connectivity index (χ1n) is 15.8. The van der Waals surface area contributed by atoms with Crippen molar-refractivity contribution in [1.82, 2.24) is 4.98 Å². The lowest BCUT2D eigenvalue weighted by atomic mass is 9.59. The summed E-state index contributed by atoms with van der Waals surface area (Å²) in [6, 6.07) is 18.4. The predicted octanol–water partition coefficient (Wildman–Crippen LogP) is 8.20. The molecule has 1 aromatic heterocycles. The zero-order valence-corrected chi connectivity index (χ0v) is 25.2. The van der Waals surface area contributed by atoms with Crippen molar-refractivity contribution in [2.45, 2.75) is 88.0 Å². The average molecular weight is 585 g/mol. The third kappa shape index (κ3) is 4.78. The Labute approximate surface area is 254 Å². The van der Waals surface area contributed by atoms with Gasteiger partial charge in [0.2, 0.25) is 0 Å². The van der Waals surface area contributed by atoms with E-state index in [1.807, 2.05) is 30.5 Å². The number of hydrogen-bond donors (Lipinski definition) is 2. The molecule has 220 valence electrons. The summed E-state index contributed by atoms with van der Waals surface area (Å²) in [7, 11) is 0. The Morgan fingerprint density at radius 1 is 1.10 bits per heavy atom. The first-order chi connectivity index (χ1) is 20.4. The Kier molecular flexibility index (Phi) is 7.20. The molecular formula is C36H41ClN2O3. The molecule has 42 heavy (non-hydrogen) atoms. The van der Waals surface area contributed by atoms with Crippen LogP contribution in [0.4, 0.5) is 5.69 Å². The lowest BCUT2D eigenvalue weighted by Gasteiger charge is -2.47. The molecule has 6 heteroatoms. The maximum atomic E-state index is 12.7. The number of aromatic nitrogens is 1. The van der Waals surface area contributed by atoms with Crippen LogP contribution in [0.1, 0.15) is 86.6 Å². The van der Waals surface area contributed by atoms with Crippen LogP contribution in [0.2, 0.25) is 5.02 Å². The molecule has 7 rings (SSSR count). The Morgan fingerprint density at radius 2 is 1.93 bits per heavy atom. The minimum atomic E-state index is -0.993. The molecule has 0 bridgehead atoms. The van der Waals surface area contributed by atoms with Crippen molar-refractivity contribution in [3.8, 4) is 5.75 Å². The zero-order chi connectivity index (χ0) is 28.9. The third-order valence-corrected chi connectivity index (χ3v) is 11.4. The highest BCUT2D eigenvalue weighted by Gasteiger charge is 2.54. The second kappa shape index (κ2) is 10.9. The fourth-order valence-electron chi connectivity index (χ4n) is 9.09. The van der Waals surface area contributed by atoms with Gasteiger partial charge in [-0.3, -0.25) is 4.98 Å². The van der Waals surface area contributed by atoms with Crippen LogP contribution in [0, 0.1) is 17.8 Å². The van der Waals surface area contributed by atoms with Gasteiger partial charge < -0.3 is 15.2 Å². The molecule has 1 spiro atoms. The van der Waals surface area contributed by atoms with Gasteiger partial charge in [-0.05, 0) is 122 Å². The van der Waals surface area contributed by atoms with Crippen LogP contribution in [0.15, 0.2) is 60.8 Å². The number of carboxylic acids is 1. The number of rotatable bonds is 8. The maximum Gasteiger partial charge on any atom is 0.329 e. The molecule has 2 aromatic carbocycles. The Bertz CT molecular complexity index is 1480. The monoisotopic (exact) mass is 584 g/mol. The van der Waals surface area contributed by atoms with Crippen molar-refractivity contribution in [3.05, 3.63) is 88.2 Å². The van der Waals surface area contributed by atoms with Gasteiger partial charge in [-0.2, -0.15) is 0 Å². The molecule has 0 unspecified atom stereocenters. The molecular weight excluding hydrogens is 544 g/mol. The molecule has 2 fully saturated rings. The fourth-order valence-corrected chi connectivity index (χ4v) is 9.28. The highest BCUT2D eigenvalue weighted by Crippen LogP contribution is 2.56. The highest BCUT2D eigenvalue weighted by atomic mass is 35.5. The van der Waals surface area contributed by atoms with Crippen molar-refractivity contribution in [2.75, 3.05) is 11.9 Å². The van der Waals surface area contributed by atoms with E-state index < -0.39 is 11.5 Å². The van der Waals surface area contributed by atoms with E-state index in [9.17, 15) is 9.90 Å². The van der Waals surface area contributed by atoms with E-state index in [2.05, 4.69) is 42.6 Å². The van der Waals surface area contributed by atoms with Crippen LogP contribution in [0.5, 0.6) is 5.75 Å². The molecule has 3 aromatic rings. The molecule has 2 N–H and O–H groups in total. The predicted molar refractivity (Wildman–Crippen MR) is 167 cm³/mol. The number of nitrogens with zero attached hydrogens (tertiary/aromatic N) is 1. The standard InChI is InChI=1S/C36H41ClN2O3/c1-23(22-42-32-12-17-38-31-20-24-7-4-10-29(24)33(31)32)18-26-19-25-6-2-3-11-30(25)35(26)13-15-36(16-14-35,34(40)41)39-28-9-5-8-27(37)21-28/h2-3,5-6,8-9,11-12,17,21,23-24,26,29,39H,4,7,10,13-16,18-20,22H2,1H3,(H,40,41)/t23-,24+,26+,29+,35?,36?/m1/s1. The van der Waals surface area contributed by atoms with E-state index in [1.54, 1.807) is 0 Å². The van der Waals surface area contributed by atoms with E-state index in [1.165, 1.54) is 41.6 Å². The van der Waals surface area contributed by atoms with Crippen LogP contribution in [0.25, 0.3) is 0 Å². The van der Waals surface area contributed by atoms with Gasteiger partial charge in [0.15, 0.2) is 0 Å². The van der Waals surface area contributed by atoms with Gasteiger partial charge in [0, 0.05) is 28.2 Å². The van der Waals surface area contributed by atoms with E-state index in [0.717, 1.165) is 49.5 Å². The van der Waals surface area contributed by atoms with Gasteiger partial charge in [-0.25, -0.2) is 4.79 Å². The SMILES string of the molecule is C[C@@H](COc1ccnc2c1[C@H]1CCC[C@H]1C2)C[C@H]1Cc2ccccc2C12CCC(Nc1cccc(Cl)c1)(C(=O)O)CC2. The number of anilines is 1. The van der Waals surface area contributed by atoms with Gasteiger partial charge in [0.25, 0.3) is 0 Å². The highest BCUT2D eigenvalue weighted by molar-refractivity contribution is 6.30. The summed E-state index contributed by atoms with van der Waals surface area (Å²) in [5.41, 5.74) is 5.28. The largest absolute Gasteiger partial charge is 0.493 e. The molecule has 4 atom stereocenters. The number of aliphatic carboxylic acids is 1. The minimum Gasteiger partial charge on any atom is -0.493 e. The third-order valence-electron chi connectivity index (χ3n) is 11.1. The summed E-state index contributed by atoms with van der Waals surface area (Å²) in [5.74, 6) is 2.52. The Balaban J connectivity index is 1.08. The van der Waals surface area contributed by atoms with Crippen molar-refractivity contribution in [2.24, 2.45) is 17.8 Å². The van der Waals surface area contributed by atoms with E-state index in [-0.39, 0.29) is 5.41 Å². The smallest absolute Gasteiger partial charge is 0.329 e. The summed E-state index contributed by atoms with van der Waals surface area (Å²) in [5, 5.41) is 14.4. The summed E-state index contributed by atoms with van der Waals surface area (Å²) in [6.45, 7) is 3.02. The molecule has 4 aliphatic carbocycles. The average Bonchev–Trinajstić information content (AvgIpc) is 3.66. The molecule has 0 aliphatic heterocycles. The van der Waals surface area contributed by atoms with E-state index >= 15 is 0 Å². The Hall–Kier alpha value is -3.05. The number of halogens is 1. The maximum absolute atomic E-state index is 12.7. The number of pyridine rings is 1. The number of hydrogen-bond acceptors (Lipinski definition) is 4. The first-order valence-corrected chi connectivity index (χ1v) is 16.2. The van der Waals surface area contributed by atoms with Gasteiger partial charge in [-0.15, -0.1) is 0 Å². The summed E-state index contributed by atoms with van der Waals surface area (Å²) in [6.07, 6.45) is 11.9. The summed E-state index contributed by atoms with van der Waals surface area (Å²) in [4.78, 5) is 17.4. The Morgan fingerprint density at radius 3 is 2.74 bits per heavy atom. The molecule has 1 heterocycles. The van der Waals surface area contributed by atoms with Gasteiger partial charge >= 0.3 is 5.97 Å². The molecule has 0 saturated heterocycles. The number of carboxylic acid groups (broad SMARTS) is 1. The van der Waals surface area contributed by atoms with Crippen LogP contribution >= 0.6 is 11.6 Å². The van der Waals surface area contributed by atoms with E-state index in [0.29, 0.717) is 42.2 Å². The molecule has 0 amide bonds. The van der Waals surface area contributed by atoms with Crippen LogP contribution in [-0.4, -0.2) is 28.2 Å².